The molecule has 0 heterocycles. The zero-order valence-corrected chi connectivity index (χ0v) is 35.1. The van der Waals surface area contributed by atoms with Crippen LogP contribution in [-0.4, -0.2) is 74.0 Å². The predicted molar refractivity (Wildman–Crippen MR) is 227 cm³/mol. The lowest BCUT2D eigenvalue weighted by Crippen LogP contribution is -2.37. The Labute approximate surface area is 323 Å². The van der Waals surface area contributed by atoms with E-state index in [0.717, 1.165) is 39.3 Å². The molecule has 1 aromatic carbocycles. The fourth-order valence-electron chi connectivity index (χ4n) is 7.29. The predicted octanol–water partition coefficient (Wildman–Crippen LogP) is 12.0. The quantitative estimate of drug-likeness (QED) is 0.0666. The second-order valence-corrected chi connectivity index (χ2v) is 15.4. The summed E-state index contributed by atoms with van der Waals surface area (Å²) in [4.78, 5) is 31.1. The number of amides is 2. The van der Waals surface area contributed by atoms with Gasteiger partial charge in [-0.05, 0) is 51.2 Å². The molecule has 2 amide bonds. The summed E-state index contributed by atoms with van der Waals surface area (Å²) in [5, 5.41) is 6.16. The van der Waals surface area contributed by atoms with Crippen molar-refractivity contribution in [2.45, 2.75) is 195 Å². The van der Waals surface area contributed by atoms with E-state index in [0.29, 0.717) is 24.2 Å². The van der Waals surface area contributed by atoms with Crippen LogP contribution in [0.5, 0.6) is 0 Å². The number of likely N-dealkylation sites (N-methyl/N-ethyl adjacent to an activating group) is 2. The van der Waals surface area contributed by atoms with Gasteiger partial charge in [-0.3, -0.25) is 9.59 Å². The molecule has 1 rings (SSSR count). The van der Waals surface area contributed by atoms with Gasteiger partial charge in [0.1, 0.15) is 0 Å². The van der Waals surface area contributed by atoms with E-state index in [1.165, 1.54) is 167 Å². The minimum absolute atomic E-state index is 0.166. The van der Waals surface area contributed by atoms with E-state index in [1.54, 1.807) is 12.1 Å². The van der Waals surface area contributed by atoms with Gasteiger partial charge in [-0.15, -0.1) is 0 Å². The van der Waals surface area contributed by atoms with Crippen LogP contribution in [0.15, 0.2) is 24.3 Å². The SMILES string of the molecule is CCCCCCCCCCCCCCCN(CC)CCNC(=O)c1ccccc1C(=O)NCCN(CC)CCCCCCCCCCCCCCC. The smallest absolute Gasteiger partial charge is 0.252 e. The van der Waals surface area contributed by atoms with Gasteiger partial charge in [0, 0.05) is 26.2 Å². The van der Waals surface area contributed by atoms with Crippen molar-refractivity contribution in [1.82, 2.24) is 20.4 Å². The molecule has 0 fully saturated rings. The van der Waals surface area contributed by atoms with E-state index in [2.05, 4.69) is 48.1 Å². The number of rotatable bonds is 38. The summed E-state index contributed by atoms with van der Waals surface area (Å²) >= 11 is 0. The first-order chi connectivity index (χ1) is 25.6. The molecular formula is C46H86N4O2. The first kappa shape index (κ1) is 48.1. The number of hydrogen-bond acceptors (Lipinski definition) is 4. The zero-order valence-electron chi connectivity index (χ0n) is 35.1. The Morgan fingerprint density at radius 2 is 0.673 bits per heavy atom. The van der Waals surface area contributed by atoms with Crippen LogP contribution in [-0.2, 0) is 0 Å². The highest BCUT2D eigenvalue weighted by Crippen LogP contribution is 2.14. The summed E-state index contributed by atoms with van der Waals surface area (Å²) in [6.45, 7) is 15.9. The fraction of sp³-hybridized carbons (Fsp3) is 0.826. The molecule has 1 aromatic rings. The molecule has 52 heavy (non-hydrogen) atoms. The molecule has 0 radical (unpaired) electrons. The number of carbonyl (C=O) groups is 2. The molecule has 0 saturated heterocycles. The molecule has 0 spiro atoms. The molecule has 0 saturated carbocycles. The molecule has 0 aliphatic carbocycles. The van der Waals surface area contributed by atoms with E-state index in [9.17, 15) is 9.59 Å². The average Bonchev–Trinajstić information content (AvgIpc) is 3.16. The van der Waals surface area contributed by atoms with Crippen LogP contribution in [0.1, 0.15) is 215 Å². The van der Waals surface area contributed by atoms with Gasteiger partial charge in [-0.25, -0.2) is 0 Å². The second kappa shape index (κ2) is 36.1. The monoisotopic (exact) mass is 727 g/mol. The van der Waals surface area contributed by atoms with Gasteiger partial charge < -0.3 is 20.4 Å². The van der Waals surface area contributed by atoms with Crippen molar-refractivity contribution >= 4 is 11.8 Å². The Balaban J connectivity index is 2.19. The number of hydrogen-bond donors (Lipinski definition) is 2. The highest BCUT2D eigenvalue weighted by Gasteiger charge is 2.17. The highest BCUT2D eigenvalue weighted by atomic mass is 16.2. The molecule has 0 bridgehead atoms. The Morgan fingerprint density at radius 3 is 0.942 bits per heavy atom. The van der Waals surface area contributed by atoms with Crippen LogP contribution in [0.3, 0.4) is 0 Å². The van der Waals surface area contributed by atoms with Crippen molar-refractivity contribution in [3.63, 3.8) is 0 Å². The lowest BCUT2D eigenvalue weighted by Gasteiger charge is -2.21. The number of unbranched alkanes of at least 4 members (excludes halogenated alkanes) is 24. The summed E-state index contributed by atoms with van der Waals surface area (Å²) in [7, 11) is 0. The standard InChI is InChI=1S/C46H86N4O2/c1-5-9-11-13-15-17-19-21-23-25-27-29-33-39-49(7-3)41-37-47-45(51)43-35-31-32-36-44(43)46(52)48-38-42-50(8-4)40-34-30-28-26-24-22-20-18-16-14-12-10-6-2/h31-32,35-36H,5-30,33-34,37-42H2,1-4H3,(H,47,51)(H,48,52). The Hall–Kier alpha value is -1.92. The lowest BCUT2D eigenvalue weighted by atomic mass is 10.0. The molecule has 2 N–H and O–H groups in total. The van der Waals surface area contributed by atoms with Gasteiger partial charge in [0.2, 0.25) is 0 Å². The first-order valence-electron chi connectivity index (χ1n) is 22.7. The molecule has 0 atom stereocenters. The molecule has 0 aliphatic heterocycles. The summed E-state index contributed by atoms with van der Waals surface area (Å²) < 4.78 is 0. The Bertz CT molecular complexity index is 879. The summed E-state index contributed by atoms with van der Waals surface area (Å²) in [5.74, 6) is -0.333. The van der Waals surface area contributed by atoms with Crippen LogP contribution < -0.4 is 10.6 Å². The number of nitrogens with zero attached hydrogens (tertiary/aromatic N) is 2. The van der Waals surface area contributed by atoms with Crippen LogP contribution in [0, 0.1) is 0 Å². The molecule has 0 aromatic heterocycles. The Kier molecular flexibility index (Phi) is 33.4. The minimum atomic E-state index is -0.166. The van der Waals surface area contributed by atoms with E-state index < -0.39 is 0 Å². The van der Waals surface area contributed by atoms with Crippen molar-refractivity contribution in [3.8, 4) is 0 Å². The molecule has 302 valence electrons. The fourth-order valence-corrected chi connectivity index (χ4v) is 7.29. The average molecular weight is 727 g/mol. The Morgan fingerprint density at radius 1 is 0.404 bits per heavy atom. The summed E-state index contributed by atoms with van der Waals surface area (Å²) in [6, 6.07) is 7.21. The van der Waals surface area contributed by atoms with E-state index in [4.69, 9.17) is 0 Å². The van der Waals surface area contributed by atoms with Gasteiger partial charge in [0.15, 0.2) is 0 Å². The van der Waals surface area contributed by atoms with Crippen LogP contribution in [0.2, 0.25) is 0 Å². The van der Waals surface area contributed by atoms with Gasteiger partial charge in [-0.1, -0.05) is 194 Å². The number of benzene rings is 1. The maximum Gasteiger partial charge on any atom is 0.252 e. The molecule has 6 nitrogen and oxygen atoms in total. The van der Waals surface area contributed by atoms with Crippen LogP contribution in [0.25, 0.3) is 0 Å². The van der Waals surface area contributed by atoms with Crippen molar-refractivity contribution < 1.29 is 9.59 Å². The van der Waals surface area contributed by atoms with Crippen molar-refractivity contribution in [2.24, 2.45) is 0 Å². The second-order valence-electron chi connectivity index (χ2n) is 15.4. The van der Waals surface area contributed by atoms with Gasteiger partial charge in [0.25, 0.3) is 11.8 Å². The van der Waals surface area contributed by atoms with E-state index in [1.807, 2.05) is 12.1 Å². The summed E-state index contributed by atoms with van der Waals surface area (Å²) in [5.41, 5.74) is 0.915. The maximum atomic E-state index is 13.1. The molecule has 0 aliphatic rings. The first-order valence-corrected chi connectivity index (χ1v) is 22.7. The molecule has 0 unspecified atom stereocenters. The van der Waals surface area contributed by atoms with Crippen LogP contribution >= 0.6 is 0 Å². The van der Waals surface area contributed by atoms with Gasteiger partial charge in [-0.2, -0.15) is 0 Å². The normalized spacial score (nSPS) is 11.5. The topological polar surface area (TPSA) is 64.7 Å². The summed E-state index contributed by atoms with van der Waals surface area (Å²) in [6.07, 6.45) is 35.6. The third kappa shape index (κ3) is 26.8. The molecule has 6 heteroatoms. The lowest BCUT2D eigenvalue weighted by molar-refractivity contribution is 0.0914. The third-order valence-corrected chi connectivity index (χ3v) is 10.9. The molecular weight excluding hydrogens is 641 g/mol. The highest BCUT2D eigenvalue weighted by molar-refractivity contribution is 6.07. The van der Waals surface area contributed by atoms with E-state index >= 15 is 0 Å². The maximum absolute atomic E-state index is 13.1. The number of carbonyl (C=O) groups excluding carboxylic acids is 2. The van der Waals surface area contributed by atoms with Crippen molar-refractivity contribution in [2.75, 3.05) is 52.4 Å². The van der Waals surface area contributed by atoms with Crippen LogP contribution in [0.4, 0.5) is 0 Å². The van der Waals surface area contributed by atoms with Gasteiger partial charge in [0.05, 0.1) is 11.1 Å². The minimum Gasteiger partial charge on any atom is -0.351 e. The van der Waals surface area contributed by atoms with E-state index in [-0.39, 0.29) is 11.8 Å². The van der Waals surface area contributed by atoms with Crippen molar-refractivity contribution in [3.05, 3.63) is 35.4 Å². The zero-order chi connectivity index (χ0) is 37.7. The number of nitrogens with one attached hydrogen (secondary N) is 2. The third-order valence-electron chi connectivity index (χ3n) is 10.9. The van der Waals surface area contributed by atoms with Gasteiger partial charge >= 0.3 is 0 Å². The largest absolute Gasteiger partial charge is 0.351 e. The van der Waals surface area contributed by atoms with Crippen molar-refractivity contribution in [1.29, 1.82) is 0 Å².